The summed E-state index contributed by atoms with van der Waals surface area (Å²) in [5.74, 6) is 0. The maximum atomic E-state index is 10.6. The maximum Gasteiger partial charge on any atom is 0.0700 e. The van der Waals surface area contributed by atoms with Gasteiger partial charge >= 0.3 is 0 Å². The van der Waals surface area contributed by atoms with E-state index in [1.54, 1.807) is 4.68 Å². The fourth-order valence-corrected chi connectivity index (χ4v) is 2.83. The van der Waals surface area contributed by atoms with Crippen molar-refractivity contribution in [2.75, 3.05) is 0 Å². The molecule has 1 fully saturated rings. The SMILES string of the molecule is CC1CC(O)(CCc2cnn(C)c2)CC(C)O1. The summed E-state index contributed by atoms with van der Waals surface area (Å²) < 4.78 is 7.46. The van der Waals surface area contributed by atoms with Crippen LogP contribution >= 0.6 is 0 Å². The Kier molecular flexibility index (Phi) is 3.54. The summed E-state index contributed by atoms with van der Waals surface area (Å²) in [5.41, 5.74) is 0.611. The molecular formula is C13H22N2O2. The van der Waals surface area contributed by atoms with E-state index < -0.39 is 5.60 Å². The second kappa shape index (κ2) is 4.78. The first-order valence-corrected chi connectivity index (χ1v) is 6.32. The van der Waals surface area contributed by atoms with E-state index >= 15 is 0 Å². The van der Waals surface area contributed by atoms with Crippen molar-refractivity contribution in [1.82, 2.24) is 9.78 Å². The molecule has 0 bridgehead atoms. The highest BCUT2D eigenvalue weighted by atomic mass is 16.5. The van der Waals surface area contributed by atoms with E-state index in [0.29, 0.717) is 0 Å². The van der Waals surface area contributed by atoms with Crippen molar-refractivity contribution in [2.45, 2.75) is 57.3 Å². The lowest BCUT2D eigenvalue weighted by Crippen LogP contribution is -2.43. The molecule has 4 heteroatoms. The summed E-state index contributed by atoms with van der Waals surface area (Å²) in [7, 11) is 1.91. The fourth-order valence-electron chi connectivity index (χ4n) is 2.83. The summed E-state index contributed by atoms with van der Waals surface area (Å²) in [4.78, 5) is 0. The van der Waals surface area contributed by atoms with Crippen LogP contribution in [0, 0.1) is 0 Å². The molecule has 2 atom stereocenters. The van der Waals surface area contributed by atoms with Crippen molar-refractivity contribution in [3.8, 4) is 0 Å². The van der Waals surface area contributed by atoms with Gasteiger partial charge in [-0.3, -0.25) is 4.68 Å². The molecule has 0 saturated carbocycles. The van der Waals surface area contributed by atoms with Crippen LogP contribution in [0.25, 0.3) is 0 Å². The van der Waals surface area contributed by atoms with Gasteiger partial charge in [-0.1, -0.05) is 0 Å². The predicted molar refractivity (Wildman–Crippen MR) is 65.7 cm³/mol. The Morgan fingerprint density at radius 2 is 2.12 bits per heavy atom. The molecule has 1 aromatic rings. The quantitative estimate of drug-likeness (QED) is 0.871. The number of aromatic nitrogens is 2. The zero-order valence-electron chi connectivity index (χ0n) is 10.9. The Morgan fingerprint density at radius 3 is 2.65 bits per heavy atom. The standard InChI is InChI=1S/C13H22N2O2/c1-10-6-13(16,7-11(2)17-10)5-4-12-8-14-15(3)9-12/h8-11,16H,4-7H2,1-3H3. The molecule has 0 radical (unpaired) electrons. The van der Waals surface area contributed by atoms with Gasteiger partial charge in [-0.2, -0.15) is 5.10 Å². The van der Waals surface area contributed by atoms with E-state index in [1.807, 2.05) is 33.3 Å². The summed E-state index contributed by atoms with van der Waals surface area (Å²) in [6, 6.07) is 0. The van der Waals surface area contributed by atoms with Crippen molar-refractivity contribution in [2.24, 2.45) is 7.05 Å². The van der Waals surface area contributed by atoms with Gasteiger partial charge in [0.1, 0.15) is 0 Å². The van der Waals surface area contributed by atoms with E-state index in [0.717, 1.165) is 25.7 Å². The normalized spacial score (nSPS) is 33.9. The third-order valence-corrected chi connectivity index (χ3v) is 3.44. The zero-order chi connectivity index (χ0) is 12.5. The van der Waals surface area contributed by atoms with Gasteiger partial charge in [-0.15, -0.1) is 0 Å². The second-order valence-corrected chi connectivity index (χ2v) is 5.41. The van der Waals surface area contributed by atoms with Crippen LogP contribution in [-0.4, -0.2) is 32.7 Å². The largest absolute Gasteiger partial charge is 0.390 e. The molecule has 2 unspecified atom stereocenters. The average Bonchev–Trinajstić information content (AvgIpc) is 2.59. The highest BCUT2D eigenvalue weighted by Crippen LogP contribution is 2.32. The van der Waals surface area contributed by atoms with E-state index in [1.165, 1.54) is 5.56 Å². The molecule has 0 aromatic carbocycles. The molecule has 96 valence electrons. The third-order valence-electron chi connectivity index (χ3n) is 3.44. The Morgan fingerprint density at radius 1 is 1.47 bits per heavy atom. The molecular weight excluding hydrogens is 216 g/mol. The molecule has 0 spiro atoms. The number of ether oxygens (including phenoxy) is 1. The van der Waals surface area contributed by atoms with Crippen molar-refractivity contribution in [3.05, 3.63) is 18.0 Å². The number of hydrogen-bond acceptors (Lipinski definition) is 3. The van der Waals surface area contributed by atoms with E-state index in [4.69, 9.17) is 4.74 Å². The number of aliphatic hydroxyl groups is 1. The topological polar surface area (TPSA) is 47.3 Å². The molecule has 0 aliphatic carbocycles. The van der Waals surface area contributed by atoms with Crippen LogP contribution in [0.1, 0.15) is 38.7 Å². The highest BCUT2D eigenvalue weighted by Gasteiger charge is 2.36. The smallest absolute Gasteiger partial charge is 0.0700 e. The monoisotopic (exact) mass is 238 g/mol. The Balaban J connectivity index is 1.92. The lowest BCUT2D eigenvalue weighted by molar-refractivity contribution is -0.134. The van der Waals surface area contributed by atoms with Crippen LogP contribution in [-0.2, 0) is 18.2 Å². The summed E-state index contributed by atoms with van der Waals surface area (Å²) in [6.45, 7) is 4.06. The second-order valence-electron chi connectivity index (χ2n) is 5.41. The molecule has 1 aromatic heterocycles. The van der Waals surface area contributed by atoms with Crippen LogP contribution in [0.3, 0.4) is 0 Å². The summed E-state index contributed by atoms with van der Waals surface area (Å²) in [5, 5.41) is 14.7. The van der Waals surface area contributed by atoms with Gasteiger partial charge in [-0.05, 0) is 32.3 Å². The van der Waals surface area contributed by atoms with Crippen LogP contribution < -0.4 is 0 Å². The lowest BCUT2D eigenvalue weighted by Gasteiger charge is -2.39. The Bertz CT molecular complexity index is 365. The number of hydrogen-bond donors (Lipinski definition) is 1. The molecule has 2 rings (SSSR count). The van der Waals surface area contributed by atoms with Crippen LogP contribution in [0.4, 0.5) is 0 Å². The molecule has 1 saturated heterocycles. The van der Waals surface area contributed by atoms with E-state index in [2.05, 4.69) is 5.10 Å². The van der Waals surface area contributed by atoms with Gasteiger partial charge in [0, 0.05) is 26.1 Å². The van der Waals surface area contributed by atoms with Crippen LogP contribution in [0.5, 0.6) is 0 Å². The van der Waals surface area contributed by atoms with Gasteiger partial charge in [0.2, 0.25) is 0 Å². The van der Waals surface area contributed by atoms with Crippen molar-refractivity contribution in [3.63, 3.8) is 0 Å². The molecule has 2 heterocycles. The molecule has 1 aliphatic rings. The molecule has 1 aliphatic heterocycles. The predicted octanol–water partition coefficient (Wildman–Crippen LogP) is 1.67. The summed E-state index contributed by atoms with van der Waals surface area (Å²) >= 11 is 0. The van der Waals surface area contributed by atoms with Gasteiger partial charge in [-0.25, -0.2) is 0 Å². The lowest BCUT2D eigenvalue weighted by atomic mass is 9.83. The minimum Gasteiger partial charge on any atom is -0.390 e. The first-order chi connectivity index (χ1) is 7.97. The van der Waals surface area contributed by atoms with Gasteiger partial charge in [0.25, 0.3) is 0 Å². The van der Waals surface area contributed by atoms with Gasteiger partial charge in [0.05, 0.1) is 24.0 Å². The van der Waals surface area contributed by atoms with Gasteiger partial charge in [0.15, 0.2) is 0 Å². The fraction of sp³-hybridized carbons (Fsp3) is 0.769. The maximum absolute atomic E-state index is 10.6. The number of rotatable bonds is 3. The molecule has 1 N–H and O–H groups in total. The average molecular weight is 238 g/mol. The molecule has 0 amide bonds. The molecule has 4 nitrogen and oxygen atoms in total. The van der Waals surface area contributed by atoms with Crippen molar-refractivity contribution < 1.29 is 9.84 Å². The third kappa shape index (κ3) is 3.30. The molecule has 17 heavy (non-hydrogen) atoms. The number of nitrogens with zero attached hydrogens (tertiary/aromatic N) is 2. The van der Waals surface area contributed by atoms with Gasteiger partial charge < -0.3 is 9.84 Å². The highest BCUT2D eigenvalue weighted by molar-refractivity contribution is 5.05. The minimum absolute atomic E-state index is 0.151. The first-order valence-electron chi connectivity index (χ1n) is 6.32. The first kappa shape index (κ1) is 12.6. The van der Waals surface area contributed by atoms with Crippen LogP contribution in [0.15, 0.2) is 12.4 Å². The van der Waals surface area contributed by atoms with Crippen molar-refractivity contribution in [1.29, 1.82) is 0 Å². The summed E-state index contributed by atoms with van der Waals surface area (Å²) in [6.07, 6.45) is 7.32. The zero-order valence-corrected chi connectivity index (χ0v) is 10.9. The van der Waals surface area contributed by atoms with E-state index in [9.17, 15) is 5.11 Å². The Labute approximate surface area is 103 Å². The number of aryl methyl sites for hydroxylation is 2. The Hall–Kier alpha value is -0.870. The van der Waals surface area contributed by atoms with Crippen molar-refractivity contribution >= 4 is 0 Å². The minimum atomic E-state index is -0.576. The van der Waals surface area contributed by atoms with E-state index in [-0.39, 0.29) is 12.2 Å². The van der Waals surface area contributed by atoms with Crippen LogP contribution in [0.2, 0.25) is 0 Å².